The summed E-state index contributed by atoms with van der Waals surface area (Å²) in [6, 6.07) is 1.21. The molecule has 1 rings (SSSR count). The molecule has 0 amide bonds. The van der Waals surface area contributed by atoms with E-state index in [1.807, 2.05) is 0 Å². The van der Waals surface area contributed by atoms with E-state index >= 15 is 0 Å². The number of hydrogen-bond donors (Lipinski definition) is 1. The van der Waals surface area contributed by atoms with Crippen molar-refractivity contribution in [3.8, 4) is 0 Å². The molecule has 1 N–H and O–H groups in total. The number of rotatable bonds is 3. The van der Waals surface area contributed by atoms with E-state index < -0.39 is 17.9 Å². The molecule has 76 valence electrons. The second-order valence-corrected chi connectivity index (χ2v) is 2.75. The van der Waals surface area contributed by atoms with Gasteiger partial charge in [-0.15, -0.1) is 0 Å². The molecule has 0 aliphatic heterocycles. The van der Waals surface area contributed by atoms with Crippen molar-refractivity contribution in [2.75, 3.05) is 7.11 Å². The van der Waals surface area contributed by atoms with Gasteiger partial charge >= 0.3 is 5.97 Å². The zero-order chi connectivity index (χ0) is 10.6. The van der Waals surface area contributed by atoms with Crippen LogP contribution >= 0.6 is 0 Å². The summed E-state index contributed by atoms with van der Waals surface area (Å²) >= 11 is 0. The molecule has 0 aliphatic rings. The van der Waals surface area contributed by atoms with Crippen LogP contribution in [0.2, 0.25) is 0 Å². The highest BCUT2D eigenvalue weighted by Crippen LogP contribution is 2.05. The minimum atomic E-state index is -1.27. The molecule has 0 saturated heterocycles. The second-order valence-electron chi connectivity index (χ2n) is 2.75. The van der Waals surface area contributed by atoms with Crippen LogP contribution in [0.3, 0.4) is 0 Å². The minimum Gasteiger partial charge on any atom is -0.467 e. The van der Waals surface area contributed by atoms with Crippen molar-refractivity contribution in [1.82, 2.24) is 4.98 Å². The van der Waals surface area contributed by atoms with Crippen LogP contribution in [0.1, 0.15) is 5.56 Å². The normalized spacial score (nSPS) is 12.2. The van der Waals surface area contributed by atoms with Gasteiger partial charge in [-0.3, -0.25) is 4.98 Å². The van der Waals surface area contributed by atoms with Gasteiger partial charge in [-0.25, -0.2) is 9.18 Å². The quantitative estimate of drug-likeness (QED) is 0.711. The van der Waals surface area contributed by atoms with E-state index in [0.29, 0.717) is 5.56 Å². The van der Waals surface area contributed by atoms with Crippen LogP contribution in [-0.2, 0) is 16.0 Å². The third-order valence-electron chi connectivity index (χ3n) is 1.66. The molecule has 14 heavy (non-hydrogen) atoms. The first kappa shape index (κ1) is 10.6. The number of esters is 1. The molecule has 1 heterocycles. The number of aliphatic hydroxyl groups excluding tert-OH is 1. The van der Waals surface area contributed by atoms with E-state index in [0.717, 1.165) is 6.20 Å². The number of aliphatic hydroxyl groups is 1. The van der Waals surface area contributed by atoms with E-state index in [-0.39, 0.29) is 6.42 Å². The van der Waals surface area contributed by atoms with Gasteiger partial charge in [0.25, 0.3) is 0 Å². The first-order chi connectivity index (χ1) is 6.63. The number of ether oxygens (including phenoxy) is 1. The van der Waals surface area contributed by atoms with Gasteiger partial charge in [0.15, 0.2) is 6.10 Å². The molecule has 0 bridgehead atoms. The van der Waals surface area contributed by atoms with Crippen molar-refractivity contribution < 1.29 is 19.0 Å². The van der Waals surface area contributed by atoms with Crippen molar-refractivity contribution in [2.45, 2.75) is 12.5 Å². The Morgan fingerprint density at radius 3 is 3.00 bits per heavy atom. The average Bonchev–Trinajstić information content (AvgIpc) is 2.16. The molecular weight excluding hydrogens is 189 g/mol. The van der Waals surface area contributed by atoms with Crippen molar-refractivity contribution in [2.24, 2.45) is 0 Å². The molecule has 1 aromatic heterocycles. The number of hydrogen-bond acceptors (Lipinski definition) is 4. The lowest BCUT2D eigenvalue weighted by molar-refractivity contribution is -0.150. The maximum atomic E-state index is 12.6. The number of carbonyl (C=O) groups excluding carboxylic acids is 1. The minimum absolute atomic E-state index is 0.00255. The molecule has 5 heteroatoms. The number of carbonyl (C=O) groups is 1. The first-order valence-electron chi connectivity index (χ1n) is 3.99. The SMILES string of the molecule is COC(=O)C(O)Cc1cncc(F)c1. The summed E-state index contributed by atoms with van der Waals surface area (Å²) in [4.78, 5) is 14.4. The highest BCUT2D eigenvalue weighted by molar-refractivity contribution is 5.74. The summed E-state index contributed by atoms with van der Waals surface area (Å²) in [6.07, 6.45) is 1.16. The molecule has 4 nitrogen and oxygen atoms in total. The Labute approximate surface area is 80.3 Å². The standard InChI is InChI=1S/C9H10FNO3/c1-14-9(13)8(12)3-6-2-7(10)5-11-4-6/h2,4-5,8,12H,3H2,1H3. The predicted octanol–water partition coefficient (Wildman–Crippen LogP) is 0.297. The molecule has 0 saturated carbocycles. The highest BCUT2D eigenvalue weighted by Gasteiger charge is 2.15. The molecule has 0 fully saturated rings. The van der Waals surface area contributed by atoms with Crippen molar-refractivity contribution in [3.05, 3.63) is 29.8 Å². The second kappa shape index (κ2) is 4.66. The van der Waals surface area contributed by atoms with Gasteiger partial charge < -0.3 is 9.84 Å². The van der Waals surface area contributed by atoms with E-state index in [1.165, 1.54) is 19.4 Å². The van der Waals surface area contributed by atoms with E-state index in [4.69, 9.17) is 0 Å². The number of nitrogens with zero attached hydrogens (tertiary/aromatic N) is 1. The molecule has 0 aliphatic carbocycles. The molecule has 1 aromatic rings. The fourth-order valence-corrected chi connectivity index (χ4v) is 1.01. The Balaban J connectivity index is 2.64. The largest absolute Gasteiger partial charge is 0.467 e. The summed E-state index contributed by atoms with van der Waals surface area (Å²) in [7, 11) is 1.18. The van der Waals surface area contributed by atoms with Crippen LogP contribution in [0.25, 0.3) is 0 Å². The molecule has 0 radical (unpaired) electrons. The average molecular weight is 199 g/mol. The molecule has 0 spiro atoms. The lowest BCUT2D eigenvalue weighted by atomic mass is 10.1. The van der Waals surface area contributed by atoms with Crippen molar-refractivity contribution in [3.63, 3.8) is 0 Å². The van der Waals surface area contributed by atoms with Crippen molar-refractivity contribution in [1.29, 1.82) is 0 Å². The fraction of sp³-hybridized carbons (Fsp3) is 0.333. The van der Waals surface area contributed by atoms with Gasteiger partial charge in [-0.2, -0.15) is 0 Å². The summed E-state index contributed by atoms with van der Waals surface area (Å²) < 4.78 is 17.0. The zero-order valence-corrected chi connectivity index (χ0v) is 7.61. The molecule has 1 unspecified atom stereocenters. The van der Waals surface area contributed by atoms with E-state index in [2.05, 4.69) is 9.72 Å². The molecular formula is C9H10FNO3. The van der Waals surface area contributed by atoms with Crippen LogP contribution < -0.4 is 0 Å². The predicted molar refractivity (Wildman–Crippen MR) is 45.9 cm³/mol. The van der Waals surface area contributed by atoms with E-state index in [1.54, 1.807) is 0 Å². The lowest BCUT2D eigenvalue weighted by Crippen LogP contribution is -2.24. The van der Waals surface area contributed by atoms with Gasteiger partial charge in [-0.05, 0) is 11.6 Å². The first-order valence-corrected chi connectivity index (χ1v) is 3.99. The van der Waals surface area contributed by atoms with Gasteiger partial charge in [0.2, 0.25) is 0 Å². The lowest BCUT2D eigenvalue weighted by Gasteiger charge is -2.07. The Morgan fingerprint density at radius 2 is 2.43 bits per heavy atom. The van der Waals surface area contributed by atoms with Gasteiger partial charge in [-0.1, -0.05) is 0 Å². The Kier molecular flexibility index (Phi) is 3.53. The van der Waals surface area contributed by atoms with Gasteiger partial charge in [0, 0.05) is 12.6 Å². The third kappa shape index (κ3) is 2.77. The van der Waals surface area contributed by atoms with E-state index in [9.17, 15) is 14.3 Å². The smallest absolute Gasteiger partial charge is 0.335 e. The Morgan fingerprint density at radius 1 is 1.71 bits per heavy atom. The number of halogens is 1. The molecule has 1 atom stereocenters. The summed E-state index contributed by atoms with van der Waals surface area (Å²) in [5.74, 6) is -1.24. The zero-order valence-electron chi connectivity index (χ0n) is 7.61. The number of pyridine rings is 1. The maximum absolute atomic E-state index is 12.6. The Bertz CT molecular complexity index is 330. The number of aromatic nitrogens is 1. The van der Waals surface area contributed by atoms with Crippen molar-refractivity contribution >= 4 is 5.97 Å². The number of methoxy groups -OCH3 is 1. The summed E-state index contributed by atoms with van der Waals surface area (Å²) in [5, 5.41) is 9.24. The maximum Gasteiger partial charge on any atom is 0.335 e. The monoisotopic (exact) mass is 199 g/mol. The molecule has 0 aromatic carbocycles. The van der Waals surface area contributed by atoms with Crippen LogP contribution in [0, 0.1) is 5.82 Å². The Hall–Kier alpha value is -1.49. The summed E-state index contributed by atoms with van der Waals surface area (Å²) in [5.41, 5.74) is 0.447. The van der Waals surface area contributed by atoms with Gasteiger partial charge in [0.1, 0.15) is 5.82 Å². The summed E-state index contributed by atoms with van der Waals surface area (Å²) in [6.45, 7) is 0. The van der Waals surface area contributed by atoms with Crippen LogP contribution in [0.5, 0.6) is 0 Å². The van der Waals surface area contributed by atoms with Gasteiger partial charge in [0.05, 0.1) is 13.3 Å². The topological polar surface area (TPSA) is 59.4 Å². The van der Waals surface area contributed by atoms with Crippen LogP contribution in [-0.4, -0.2) is 29.3 Å². The third-order valence-corrected chi connectivity index (χ3v) is 1.66. The highest BCUT2D eigenvalue weighted by atomic mass is 19.1. The van der Waals surface area contributed by atoms with Crippen LogP contribution in [0.4, 0.5) is 4.39 Å². The van der Waals surface area contributed by atoms with Crippen LogP contribution in [0.15, 0.2) is 18.5 Å². The fourth-order valence-electron chi connectivity index (χ4n) is 1.01.